The van der Waals surface area contributed by atoms with Crippen LogP contribution in [0.4, 0.5) is 10.1 Å². The number of piperidine rings is 1. The van der Waals surface area contributed by atoms with E-state index in [0.717, 1.165) is 0 Å². The van der Waals surface area contributed by atoms with Gasteiger partial charge in [0, 0.05) is 31.3 Å². The topological polar surface area (TPSA) is 83.5 Å². The Kier molecular flexibility index (Phi) is 6.02. The lowest BCUT2D eigenvalue weighted by molar-refractivity contribution is -0.132. The van der Waals surface area contributed by atoms with Crippen LogP contribution < -0.4 is 5.32 Å². The molecule has 0 radical (unpaired) electrons. The van der Waals surface area contributed by atoms with E-state index in [4.69, 9.17) is 0 Å². The number of carbonyl (C=O) groups is 2. The molecule has 29 heavy (non-hydrogen) atoms. The molecule has 2 aromatic carbocycles. The summed E-state index contributed by atoms with van der Waals surface area (Å²) in [6, 6.07) is 10.1. The van der Waals surface area contributed by atoms with Crippen molar-refractivity contribution in [3.63, 3.8) is 0 Å². The maximum absolute atomic E-state index is 13.4. The number of carbonyl (C=O) groups excluding carboxylic acids is 2. The van der Waals surface area contributed by atoms with Gasteiger partial charge >= 0.3 is 0 Å². The van der Waals surface area contributed by atoms with Crippen molar-refractivity contribution in [2.45, 2.75) is 24.7 Å². The average Bonchev–Trinajstić information content (AvgIpc) is 2.67. The van der Waals surface area contributed by atoms with Crippen molar-refractivity contribution in [3.05, 3.63) is 59.4 Å². The summed E-state index contributed by atoms with van der Waals surface area (Å²) >= 11 is 0. The summed E-state index contributed by atoms with van der Waals surface area (Å²) in [5.41, 5.74) is 1.02. The number of hydrogen-bond donors (Lipinski definition) is 1. The minimum Gasteiger partial charge on any atom is -0.345 e. The number of likely N-dealkylation sites (tertiary alicyclic amines) is 1. The van der Waals surface area contributed by atoms with Crippen molar-refractivity contribution in [2.24, 2.45) is 5.92 Å². The van der Waals surface area contributed by atoms with E-state index in [2.05, 4.69) is 5.32 Å². The summed E-state index contributed by atoms with van der Waals surface area (Å²) < 4.78 is 39.0. The molecular weight excluding hydrogens is 395 g/mol. The first-order valence-electron chi connectivity index (χ1n) is 9.30. The zero-order valence-corrected chi connectivity index (χ0v) is 17.1. The number of amides is 2. The second kappa shape index (κ2) is 8.32. The minimum atomic E-state index is -3.61. The van der Waals surface area contributed by atoms with Gasteiger partial charge in [0.15, 0.2) is 9.84 Å². The summed E-state index contributed by atoms with van der Waals surface area (Å²) in [6.07, 6.45) is 0.878. The predicted molar refractivity (Wildman–Crippen MR) is 108 cm³/mol. The Bertz CT molecular complexity index is 1050. The molecule has 1 aliphatic heterocycles. The molecule has 1 unspecified atom stereocenters. The third-order valence-electron chi connectivity index (χ3n) is 5.05. The van der Waals surface area contributed by atoms with Crippen molar-refractivity contribution < 1.29 is 22.4 Å². The Morgan fingerprint density at radius 2 is 2.00 bits per heavy atom. The van der Waals surface area contributed by atoms with Crippen LogP contribution in [-0.4, -0.2) is 44.5 Å². The van der Waals surface area contributed by atoms with Gasteiger partial charge in [-0.1, -0.05) is 6.07 Å². The molecule has 2 aromatic rings. The number of hydrogen-bond acceptors (Lipinski definition) is 4. The van der Waals surface area contributed by atoms with Gasteiger partial charge in [0.05, 0.1) is 10.6 Å². The number of aryl methyl sites for hydroxylation is 1. The van der Waals surface area contributed by atoms with E-state index >= 15 is 0 Å². The summed E-state index contributed by atoms with van der Waals surface area (Å²) in [7, 11) is -1.94. The van der Waals surface area contributed by atoms with E-state index < -0.39 is 15.7 Å². The molecule has 154 valence electrons. The molecule has 1 atom stereocenters. The first-order chi connectivity index (χ1) is 13.7. The summed E-state index contributed by atoms with van der Waals surface area (Å²) in [5, 5.41) is 2.65. The zero-order chi connectivity index (χ0) is 21.2. The molecule has 0 aliphatic carbocycles. The van der Waals surface area contributed by atoms with E-state index in [9.17, 15) is 22.4 Å². The van der Waals surface area contributed by atoms with Crippen LogP contribution >= 0.6 is 0 Å². The lowest BCUT2D eigenvalue weighted by Gasteiger charge is -2.29. The summed E-state index contributed by atoms with van der Waals surface area (Å²) in [5.74, 6) is -1.04. The minimum absolute atomic E-state index is 0.0216. The molecule has 8 heteroatoms. The van der Waals surface area contributed by atoms with E-state index in [-0.39, 0.29) is 33.9 Å². The normalized spacial score (nSPS) is 17.3. The van der Waals surface area contributed by atoms with Gasteiger partial charge in [-0.15, -0.1) is 0 Å². The highest BCUT2D eigenvalue weighted by Crippen LogP contribution is 2.23. The molecule has 1 aliphatic rings. The Balaban J connectivity index is 1.74. The Labute approximate surface area is 169 Å². The number of nitrogens with one attached hydrogen (secondary N) is 1. The number of benzene rings is 2. The van der Waals surface area contributed by atoms with Crippen LogP contribution in [-0.2, 0) is 14.6 Å². The molecule has 1 heterocycles. The second-order valence-electron chi connectivity index (χ2n) is 7.41. The molecule has 6 nitrogen and oxygen atoms in total. The smallest absolute Gasteiger partial charge is 0.255 e. The van der Waals surface area contributed by atoms with Crippen LogP contribution in [0.1, 0.15) is 28.8 Å². The SMILES string of the molecule is Cc1cc(NC(=O)c2cccc(S(=O)(=O)CC3CCC(=O)N(C)C3)c2)ccc1F. The second-order valence-corrected chi connectivity index (χ2v) is 9.44. The quantitative estimate of drug-likeness (QED) is 0.809. The predicted octanol–water partition coefficient (Wildman–Crippen LogP) is 3.03. The van der Waals surface area contributed by atoms with E-state index in [1.165, 1.54) is 42.5 Å². The molecule has 1 N–H and O–H groups in total. The largest absolute Gasteiger partial charge is 0.345 e. The maximum Gasteiger partial charge on any atom is 0.255 e. The van der Waals surface area contributed by atoms with Crippen LogP contribution in [0.25, 0.3) is 0 Å². The lowest BCUT2D eigenvalue weighted by atomic mass is 10.0. The molecular formula is C21H23FN2O4S. The lowest BCUT2D eigenvalue weighted by Crippen LogP contribution is -2.39. The van der Waals surface area contributed by atoms with Gasteiger partial charge in [-0.25, -0.2) is 12.8 Å². The third-order valence-corrected chi connectivity index (χ3v) is 6.93. The third kappa shape index (κ3) is 5.00. The number of sulfone groups is 1. The fraction of sp³-hybridized carbons (Fsp3) is 0.333. The molecule has 0 bridgehead atoms. The van der Waals surface area contributed by atoms with Crippen LogP contribution in [0.5, 0.6) is 0 Å². The highest BCUT2D eigenvalue weighted by Gasteiger charge is 2.28. The van der Waals surface area contributed by atoms with E-state index in [0.29, 0.717) is 30.6 Å². The number of halogens is 1. The van der Waals surface area contributed by atoms with Crippen molar-refractivity contribution in [2.75, 3.05) is 24.7 Å². The van der Waals surface area contributed by atoms with Gasteiger partial charge in [-0.05, 0) is 61.2 Å². The fourth-order valence-corrected chi connectivity index (χ4v) is 5.08. The Hall–Kier alpha value is -2.74. The molecule has 1 saturated heterocycles. The fourth-order valence-electron chi connectivity index (χ4n) is 3.40. The van der Waals surface area contributed by atoms with Gasteiger partial charge in [0.2, 0.25) is 5.91 Å². The molecule has 0 aromatic heterocycles. The monoisotopic (exact) mass is 418 g/mol. The number of rotatable bonds is 5. The number of nitrogens with zero attached hydrogens (tertiary/aromatic N) is 1. The summed E-state index contributed by atoms with van der Waals surface area (Å²) in [4.78, 5) is 25.7. The zero-order valence-electron chi connectivity index (χ0n) is 16.3. The van der Waals surface area contributed by atoms with Crippen molar-refractivity contribution in [1.29, 1.82) is 0 Å². The van der Waals surface area contributed by atoms with Crippen LogP contribution in [0.15, 0.2) is 47.4 Å². The summed E-state index contributed by atoms with van der Waals surface area (Å²) in [6.45, 7) is 2.00. The number of anilines is 1. The van der Waals surface area contributed by atoms with Crippen molar-refractivity contribution in [3.8, 4) is 0 Å². The van der Waals surface area contributed by atoms with Crippen molar-refractivity contribution >= 4 is 27.3 Å². The molecule has 3 rings (SSSR count). The van der Waals surface area contributed by atoms with E-state index in [1.807, 2.05) is 0 Å². The van der Waals surface area contributed by atoms with Crippen LogP contribution in [0.2, 0.25) is 0 Å². The van der Waals surface area contributed by atoms with Crippen LogP contribution in [0.3, 0.4) is 0 Å². The highest BCUT2D eigenvalue weighted by atomic mass is 32.2. The van der Waals surface area contributed by atoms with Gasteiger partial charge in [0.25, 0.3) is 5.91 Å². The van der Waals surface area contributed by atoms with Gasteiger partial charge in [-0.3, -0.25) is 9.59 Å². The molecule has 1 fully saturated rings. The van der Waals surface area contributed by atoms with Crippen molar-refractivity contribution in [1.82, 2.24) is 4.90 Å². The molecule has 2 amide bonds. The Morgan fingerprint density at radius 3 is 2.69 bits per heavy atom. The van der Waals surface area contributed by atoms with E-state index in [1.54, 1.807) is 18.9 Å². The Morgan fingerprint density at radius 1 is 1.24 bits per heavy atom. The van der Waals surface area contributed by atoms with Gasteiger partial charge in [0.1, 0.15) is 5.82 Å². The first-order valence-corrected chi connectivity index (χ1v) is 11.0. The van der Waals surface area contributed by atoms with Gasteiger partial charge < -0.3 is 10.2 Å². The first kappa shape index (κ1) is 21.0. The molecule has 0 saturated carbocycles. The molecule has 0 spiro atoms. The highest BCUT2D eigenvalue weighted by molar-refractivity contribution is 7.91. The maximum atomic E-state index is 13.4. The average molecular weight is 418 g/mol. The van der Waals surface area contributed by atoms with Crippen LogP contribution in [0, 0.1) is 18.7 Å². The van der Waals surface area contributed by atoms with Gasteiger partial charge in [-0.2, -0.15) is 0 Å². The standard InChI is InChI=1S/C21H23FN2O4S/c1-14-10-17(7-8-19(14)22)23-21(26)16-4-3-5-18(11-16)29(27,28)13-15-6-9-20(25)24(2)12-15/h3-5,7-8,10-11,15H,6,9,12-13H2,1-2H3,(H,23,26).